The van der Waals surface area contributed by atoms with Crippen molar-refractivity contribution in [3.05, 3.63) is 131 Å². The van der Waals surface area contributed by atoms with Gasteiger partial charge in [0.25, 0.3) is 0 Å². The van der Waals surface area contributed by atoms with E-state index < -0.39 is 0 Å². The van der Waals surface area contributed by atoms with E-state index in [1.54, 1.807) is 18.2 Å². The molecule has 0 saturated carbocycles. The van der Waals surface area contributed by atoms with Gasteiger partial charge in [-0.2, -0.15) is 15.8 Å². The molecule has 45 heavy (non-hydrogen) atoms. The van der Waals surface area contributed by atoms with Crippen molar-refractivity contribution in [2.75, 3.05) is 0 Å². The molecule has 7 rings (SSSR count). The number of rotatable bonds is 4. The van der Waals surface area contributed by atoms with Crippen LogP contribution in [-0.4, -0.2) is 19.5 Å². The molecule has 0 aliphatic carbocycles. The number of hydrogen-bond donors (Lipinski definition) is 0. The maximum Gasteiger partial charge on any atom is 0.165 e. The molecule has 0 spiro atoms. The molecular formula is C38H23N7. The van der Waals surface area contributed by atoms with Gasteiger partial charge >= 0.3 is 0 Å². The Labute approximate surface area is 259 Å². The van der Waals surface area contributed by atoms with Gasteiger partial charge in [0.05, 0.1) is 51.6 Å². The first-order chi connectivity index (χ1) is 21.9. The van der Waals surface area contributed by atoms with Gasteiger partial charge in [-0.1, -0.05) is 36.4 Å². The van der Waals surface area contributed by atoms with Crippen LogP contribution in [0.5, 0.6) is 0 Å². The van der Waals surface area contributed by atoms with E-state index in [2.05, 4.69) is 74.1 Å². The molecule has 0 radical (unpaired) electrons. The van der Waals surface area contributed by atoms with Gasteiger partial charge < -0.3 is 4.57 Å². The summed E-state index contributed by atoms with van der Waals surface area (Å²) in [5.74, 6) is 1.69. The molecule has 7 nitrogen and oxygen atoms in total. The zero-order valence-electron chi connectivity index (χ0n) is 24.4. The van der Waals surface area contributed by atoms with Crippen molar-refractivity contribution < 1.29 is 0 Å². The Balaban J connectivity index is 1.55. The summed E-state index contributed by atoms with van der Waals surface area (Å²) in [6.45, 7) is 3.66. The van der Waals surface area contributed by atoms with E-state index in [0.717, 1.165) is 55.3 Å². The van der Waals surface area contributed by atoms with Gasteiger partial charge in [-0.25, -0.2) is 15.0 Å². The number of nitriles is 3. The number of aromatic nitrogens is 4. The summed E-state index contributed by atoms with van der Waals surface area (Å²) in [4.78, 5) is 13.7. The van der Waals surface area contributed by atoms with E-state index in [1.807, 2.05) is 62.4 Å². The molecule has 0 atom stereocenters. The molecule has 2 aromatic heterocycles. The van der Waals surface area contributed by atoms with Gasteiger partial charge in [0.2, 0.25) is 0 Å². The van der Waals surface area contributed by atoms with Crippen molar-refractivity contribution in [1.82, 2.24) is 19.5 Å². The maximum absolute atomic E-state index is 9.79. The zero-order valence-corrected chi connectivity index (χ0v) is 24.4. The summed E-state index contributed by atoms with van der Waals surface area (Å²) in [7, 11) is 0. The second-order valence-electron chi connectivity index (χ2n) is 10.8. The normalized spacial score (nSPS) is 10.8. The minimum Gasteiger partial charge on any atom is -0.308 e. The van der Waals surface area contributed by atoms with E-state index in [0.29, 0.717) is 34.2 Å². The fourth-order valence-corrected chi connectivity index (χ4v) is 5.89. The highest BCUT2D eigenvalue weighted by Gasteiger charge is 2.19. The summed E-state index contributed by atoms with van der Waals surface area (Å²) in [6.07, 6.45) is 0. The first-order valence-electron chi connectivity index (χ1n) is 14.3. The fourth-order valence-electron chi connectivity index (χ4n) is 5.89. The van der Waals surface area contributed by atoms with Crippen LogP contribution in [0, 0.1) is 47.8 Å². The lowest BCUT2D eigenvalue weighted by Gasteiger charge is -2.14. The van der Waals surface area contributed by atoms with Crippen LogP contribution in [0.3, 0.4) is 0 Å². The van der Waals surface area contributed by atoms with E-state index in [1.165, 1.54) is 0 Å². The van der Waals surface area contributed by atoms with Gasteiger partial charge in [0.1, 0.15) is 11.6 Å². The Morgan fingerprint density at radius 2 is 1.00 bits per heavy atom. The van der Waals surface area contributed by atoms with Crippen LogP contribution in [-0.2, 0) is 0 Å². The van der Waals surface area contributed by atoms with Crippen molar-refractivity contribution in [1.29, 1.82) is 15.8 Å². The first kappa shape index (κ1) is 27.2. The number of nitrogens with zero attached hydrogens (tertiary/aromatic N) is 7. The minimum atomic E-state index is 0.497. The molecule has 7 aromatic rings. The van der Waals surface area contributed by atoms with Gasteiger partial charge in [-0.3, -0.25) is 0 Å². The summed E-state index contributed by atoms with van der Waals surface area (Å²) in [6, 6.07) is 40.1. The smallest absolute Gasteiger partial charge is 0.165 e. The van der Waals surface area contributed by atoms with Crippen molar-refractivity contribution in [3.8, 4) is 57.5 Å². The second kappa shape index (κ2) is 10.9. The summed E-state index contributed by atoms with van der Waals surface area (Å²) in [5, 5.41) is 30.8. The SMILES string of the molecule is Cc1nc(C)nc(-c2cc(C#N)ccc2-n2c3ccc(-c4cccc(C#N)c4)cc3c3cc(-c4cccc(C#N)c4)ccc32)n1. The van der Waals surface area contributed by atoms with Crippen LogP contribution in [0.1, 0.15) is 28.3 Å². The zero-order chi connectivity index (χ0) is 31.1. The standard InChI is InChI=1S/C38H23N7/c1-23-42-24(2)44-38(43-23)34-17-27(22-41)9-12-37(34)45-35-13-10-30(28-7-3-5-25(15-28)20-39)18-32(35)33-19-31(11-14-36(33)45)29-8-4-6-26(16-29)21-40/h3-19H,1-2H3. The maximum atomic E-state index is 9.79. The molecule has 0 saturated heterocycles. The second-order valence-corrected chi connectivity index (χ2v) is 10.8. The van der Waals surface area contributed by atoms with Gasteiger partial charge in [0.15, 0.2) is 5.82 Å². The predicted molar refractivity (Wildman–Crippen MR) is 174 cm³/mol. The van der Waals surface area contributed by atoms with Crippen LogP contribution in [0.4, 0.5) is 0 Å². The summed E-state index contributed by atoms with van der Waals surface area (Å²) < 4.78 is 2.18. The Morgan fingerprint density at radius 3 is 1.51 bits per heavy atom. The Kier molecular flexibility index (Phi) is 6.59. The van der Waals surface area contributed by atoms with Crippen molar-refractivity contribution in [2.45, 2.75) is 13.8 Å². The van der Waals surface area contributed by atoms with E-state index in [4.69, 9.17) is 0 Å². The minimum absolute atomic E-state index is 0.497. The van der Waals surface area contributed by atoms with Crippen LogP contribution < -0.4 is 0 Å². The van der Waals surface area contributed by atoms with E-state index in [-0.39, 0.29) is 0 Å². The van der Waals surface area contributed by atoms with Gasteiger partial charge in [-0.15, -0.1) is 0 Å². The average molecular weight is 578 g/mol. The molecule has 5 aromatic carbocycles. The monoisotopic (exact) mass is 577 g/mol. The largest absolute Gasteiger partial charge is 0.308 e. The van der Waals surface area contributed by atoms with E-state index >= 15 is 0 Å². The number of aryl methyl sites for hydroxylation is 2. The molecule has 210 valence electrons. The fraction of sp³-hybridized carbons (Fsp3) is 0.0526. The highest BCUT2D eigenvalue weighted by atomic mass is 15.0. The lowest BCUT2D eigenvalue weighted by molar-refractivity contribution is 0.926. The van der Waals surface area contributed by atoms with Crippen LogP contribution in [0.2, 0.25) is 0 Å². The number of hydrogen-bond acceptors (Lipinski definition) is 6. The first-order valence-corrected chi connectivity index (χ1v) is 14.3. The molecule has 0 unspecified atom stereocenters. The van der Waals surface area contributed by atoms with Crippen molar-refractivity contribution in [2.24, 2.45) is 0 Å². The molecule has 2 heterocycles. The topological polar surface area (TPSA) is 115 Å². The van der Waals surface area contributed by atoms with Crippen molar-refractivity contribution in [3.63, 3.8) is 0 Å². The highest BCUT2D eigenvalue weighted by Crippen LogP contribution is 2.39. The summed E-state index contributed by atoms with van der Waals surface area (Å²) in [5.41, 5.74) is 9.04. The molecular weight excluding hydrogens is 554 g/mol. The molecule has 0 fully saturated rings. The third-order valence-electron chi connectivity index (χ3n) is 7.88. The molecule has 0 bridgehead atoms. The van der Waals surface area contributed by atoms with Crippen molar-refractivity contribution >= 4 is 21.8 Å². The summed E-state index contributed by atoms with van der Waals surface area (Å²) >= 11 is 0. The predicted octanol–water partition coefficient (Wildman–Crippen LogP) is 8.20. The highest BCUT2D eigenvalue weighted by molar-refractivity contribution is 6.12. The van der Waals surface area contributed by atoms with Crippen LogP contribution in [0.25, 0.3) is 61.1 Å². The van der Waals surface area contributed by atoms with Gasteiger partial charge in [0, 0.05) is 16.3 Å². The van der Waals surface area contributed by atoms with Crippen LogP contribution in [0.15, 0.2) is 103 Å². The number of benzene rings is 5. The third-order valence-corrected chi connectivity index (χ3v) is 7.88. The average Bonchev–Trinajstić information content (AvgIpc) is 3.40. The number of fused-ring (bicyclic) bond motifs is 3. The van der Waals surface area contributed by atoms with Gasteiger partial charge in [-0.05, 0) is 103 Å². The third kappa shape index (κ3) is 4.83. The quantitative estimate of drug-likeness (QED) is 0.208. The Bertz CT molecular complexity index is 2310. The Hall–Kier alpha value is -6.62. The van der Waals surface area contributed by atoms with Crippen LogP contribution >= 0.6 is 0 Å². The molecule has 0 aliphatic heterocycles. The molecule has 0 N–H and O–H groups in total. The molecule has 0 aliphatic rings. The lowest BCUT2D eigenvalue weighted by atomic mass is 9.99. The molecule has 7 heteroatoms. The van der Waals surface area contributed by atoms with E-state index in [9.17, 15) is 15.8 Å². The lowest BCUT2D eigenvalue weighted by Crippen LogP contribution is -2.03. The molecule has 0 amide bonds. The Morgan fingerprint density at radius 1 is 0.511 bits per heavy atom.